The van der Waals surface area contributed by atoms with Crippen LogP contribution in [0.5, 0.6) is 0 Å². The second-order valence-electron chi connectivity index (χ2n) is 1.63. The van der Waals surface area contributed by atoms with Crippen molar-refractivity contribution in [1.82, 2.24) is 0 Å². The number of rotatable bonds is 1. The summed E-state index contributed by atoms with van der Waals surface area (Å²) in [5.74, 6) is 0.140. The standard InChI is InChI=1S/C6H6INO/c1-5(9)6-2-3-8-7-4-6/h2-4H,1H3. The summed E-state index contributed by atoms with van der Waals surface area (Å²) in [7, 11) is 0. The maximum atomic E-state index is 10.7. The first-order valence-electron chi connectivity index (χ1n) is 2.51. The van der Waals surface area contributed by atoms with E-state index in [0.717, 1.165) is 5.57 Å². The van der Waals surface area contributed by atoms with Gasteiger partial charge in [0, 0.05) is 36.9 Å². The van der Waals surface area contributed by atoms with Crippen LogP contribution in [-0.4, -0.2) is 5.78 Å². The summed E-state index contributed by atoms with van der Waals surface area (Å²) >= 11 is -0.204. The van der Waals surface area contributed by atoms with Crippen LogP contribution in [0.25, 0.3) is 0 Å². The second kappa shape index (κ2) is 3.00. The molecule has 0 radical (unpaired) electrons. The minimum Gasteiger partial charge on any atom is -0.294 e. The van der Waals surface area contributed by atoms with Crippen molar-refractivity contribution in [3.63, 3.8) is 0 Å². The van der Waals surface area contributed by atoms with E-state index in [1.807, 2.05) is 4.08 Å². The van der Waals surface area contributed by atoms with Crippen LogP contribution >= 0.6 is 21.0 Å². The highest BCUT2D eigenvalue weighted by molar-refractivity contribution is 14.2. The lowest BCUT2D eigenvalue weighted by Crippen LogP contribution is -1.91. The van der Waals surface area contributed by atoms with Crippen molar-refractivity contribution in [2.24, 2.45) is 3.15 Å². The highest BCUT2D eigenvalue weighted by Crippen LogP contribution is 2.15. The molecule has 0 aliphatic carbocycles. The average molecular weight is 235 g/mol. The Bertz CT molecular complexity index is 215. The molecule has 0 amide bonds. The number of hydrogen-bond donors (Lipinski definition) is 0. The van der Waals surface area contributed by atoms with E-state index in [4.69, 9.17) is 0 Å². The van der Waals surface area contributed by atoms with E-state index in [0.29, 0.717) is 0 Å². The quantitative estimate of drug-likeness (QED) is 0.640. The van der Waals surface area contributed by atoms with Gasteiger partial charge in [-0.2, -0.15) is 0 Å². The number of carbonyl (C=O) groups excluding carboxylic acids is 1. The van der Waals surface area contributed by atoms with Gasteiger partial charge in [-0.3, -0.25) is 4.79 Å². The van der Waals surface area contributed by atoms with Gasteiger partial charge in [0.25, 0.3) is 0 Å². The van der Waals surface area contributed by atoms with Crippen molar-refractivity contribution in [2.75, 3.05) is 0 Å². The van der Waals surface area contributed by atoms with E-state index in [1.54, 1.807) is 19.2 Å². The van der Waals surface area contributed by atoms with Crippen molar-refractivity contribution < 1.29 is 4.79 Å². The number of hydrogen-bond acceptors (Lipinski definition) is 2. The van der Waals surface area contributed by atoms with Crippen molar-refractivity contribution in [2.45, 2.75) is 6.92 Å². The zero-order chi connectivity index (χ0) is 6.69. The van der Waals surface area contributed by atoms with Gasteiger partial charge in [-0.15, -0.1) is 0 Å². The molecule has 0 N–H and O–H groups in total. The van der Waals surface area contributed by atoms with E-state index < -0.39 is 0 Å². The summed E-state index contributed by atoms with van der Waals surface area (Å²) in [6.45, 7) is 1.57. The topological polar surface area (TPSA) is 29.4 Å². The van der Waals surface area contributed by atoms with Crippen molar-refractivity contribution in [3.8, 4) is 0 Å². The molecule has 0 aromatic carbocycles. The molecule has 0 aromatic rings. The van der Waals surface area contributed by atoms with Gasteiger partial charge < -0.3 is 0 Å². The van der Waals surface area contributed by atoms with E-state index in [-0.39, 0.29) is 26.8 Å². The van der Waals surface area contributed by atoms with Crippen LogP contribution in [-0.2, 0) is 4.79 Å². The summed E-state index contributed by atoms with van der Waals surface area (Å²) < 4.78 is 5.94. The third-order valence-corrected chi connectivity index (χ3v) is 2.53. The summed E-state index contributed by atoms with van der Waals surface area (Å²) in [6.07, 6.45) is 3.47. The van der Waals surface area contributed by atoms with Gasteiger partial charge in [0.2, 0.25) is 0 Å². The third-order valence-electron chi connectivity index (χ3n) is 0.940. The fraction of sp³-hybridized carbons (Fsp3) is 0.167. The molecule has 9 heavy (non-hydrogen) atoms. The van der Waals surface area contributed by atoms with Crippen LogP contribution in [0, 0.1) is 0 Å². The average Bonchev–Trinajstić information content (AvgIpc) is 1.90. The first kappa shape index (κ1) is 6.80. The molecular formula is C6H6INO. The van der Waals surface area contributed by atoms with Gasteiger partial charge in [-0.25, -0.2) is 3.15 Å². The maximum Gasteiger partial charge on any atom is 0.160 e. The summed E-state index contributed by atoms with van der Waals surface area (Å²) in [5.41, 5.74) is 0.817. The number of nitrogens with zero attached hydrogens (tertiary/aromatic N) is 1. The summed E-state index contributed by atoms with van der Waals surface area (Å²) in [4.78, 5) is 10.7. The molecule has 1 heterocycles. The lowest BCUT2D eigenvalue weighted by molar-refractivity contribution is -0.113. The molecule has 0 bridgehead atoms. The summed E-state index contributed by atoms with van der Waals surface area (Å²) in [6, 6.07) is 0. The molecule has 3 heteroatoms. The predicted octanol–water partition coefficient (Wildman–Crippen LogP) is 2.14. The number of Topliss-reactive ketones (excluding diaryl/α,β-unsaturated/α-hetero) is 1. The molecule has 0 spiro atoms. The Morgan fingerprint density at radius 1 is 1.78 bits per heavy atom. The molecule has 1 aliphatic heterocycles. The Balaban J connectivity index is 2.84. The zero-order valence-corrected chi connectivity index (χ0v) is 7.12. The van der Waals surface area contributed by atoms with Crippen LogP contribution in [0.15, 0.2) is 25.1 Å². The number of ketones is 1. The highest BCUT2D eigenvalue weighted by Gasteiger charge is 1.98. The maximum absolute atomic E-state index is 10.7. The molecule has 2 nitrogen and oxygen atoms in total. The fourth-order valence-electron chi connectivity index (χ4n) is 0.452. The van der Waals surface area contributed by atoms with Crippen LogP contribution in [0.3, 0.4) is 0 Å². The number of carbonyl (C=O) groups is 1. The molecule has 48 valence electrons. The number of halogens is 1. The minimum absolute atomic E-state index is 0.140. The Hall–Kier alpha value is -0.320. The molecule has 0 unspecified atom stereocenters. The van der Waals surface area contributed by atoms with E-state index >= 15 is 0 Å². The Labute approximate surface area is 63.8 Å². The molecule has 1 aliphatic rings. The molecule has 0 atom stereocenters. The van der Waals surface area contributed by atoms with Gasteiger partial charge in [-0.05, 0) is 13.0 Å². The van der Waals surface area contributed by atoms with Gasteiger partial charge in [0.15, 0.2) is 5.78 Å². The normalized spacial score (nSPS) is 16.3. The first-order valence-corrected chi connectivity index (χ1v) is 4.72. The first-order chi connectivity index (χ1) is 4.30. The Morgan fingerprint density at radius 2 is 2.56 bits per heavy atom. The minimum atomic E-state index is -0.204. The van der Waals surface area contributed by atoms with Gasteiger partial charge >= 0.3 is 0 Å². The predicted molar refractivity (Wildman–Crippen MR) is 44.4 cm³/mol. The van der Waals surface area contributed by atoms with E-state index in [1.165, 1.54) is 0 Å². The van der Waals surface area contributed by atoms with E-state index in [2.05, 4.69) is 3.15 Å². The molecule has 0 saturated heterocycles. The van der Waals surface area contributed by atoms with E-state index in [9.17, 15) is 4.79 Å². The van der Waals surface area contributed by atoms with Gasteiger partial charge in [-0.1, -0.05) is 0 Å². The lowest BCUT2D eigenvalue weighted by atomic mass is 10.2. The Kier molecular flexibility index (Phi) is 2.27. The lowest BCUT2D eigenvalue weighted by Gasteiger charge is -1.93. The third kappa shape index (κ3) is 1.82. The molecule has 0 saturated carbocycles. The smallest absolute Gasteiger partial charge is 0.160 e. The monoisotopic (exact) mass is 235 g/mol. The van der Waals surface area contributed by atoms with Crippen LogP contribution in [0.1, 0.15) is 6.92 Å². The van der Waals surface area contributed by atoms with Crippen LogP contribution in [0.4, 0.5) is 0 Å². The second-order valence-corrected chi connectivity index (χ2v) is 3.37. The Morgan fingerprint density at radius 3 is 2.89 bits per heavy atom. The van der Waals surface area contributed by atoms with Gasteiger partial charge in [0.05, 0.1) is 0 Å². The highest BCUT2D eigenvalue weighted by atomic mass is 127. The molecule has 0 fully saturated rings. The van der Waals surface area contributed by atoms with Crippen molar-refractivity contribution in [3.05, 3.63) is 21.9 Å². The van der Waals surface area contributed by atoms with Gasteiger partial charge in [0.1, 0.15) is 0 Å². The largest absolute Gasteiger partial charge is 0.294 e. The molecule has 0 aromatic heterocycles. The fourth-order valence-corrected chi connectivity index (χ4v) is 1.91. The van der Waals surface area contributed by atoms with Crippen LogP contribution < -0.4 is 0 Å². The zero-order valence-electron chi connectivity index (χ0n) is 4.97. The molecule has 1 rings (SSSR count). The SMILES string of the molecule is CC(=O)C1=CI=NC=C1. The van der Waals surface area contributed by atoms with Crippen molar-refractivity contribution in [1.29, 1.82) is 0 Å². The molecular weight excluding hydrogens is 229 g/mol. The number of allylic oxidation sites excluding steroid dienone is 2. The van der Waals surface area contributed by atoms with Crippen LogP contribution in [0.2, 0.25) is 0 Å². The van der Waals surface area contributed by atoms with Crippen molar-refractivity contribution >= 4 is 26.8 Å². The summed E-state index contributed by atoms with van der Waals surface area (Å²) in [5, 5.41) is 0.